The largest absolute Gasteiger partial charge is 0.452 e. The minimum absolute atomic E-state index is 0.0481. The molecule has 0 spiro atoms. The van der Waals surface area contributed by atoms with Gasteiger partial charge in [0.05, 0.1) is 10.5 Å². The molecular weight excluding hydrogens is 440 g/mol. The highest BCUT2D eigenvalue weighted by Crippen LogP contribution is 2.14. The van der Waals surface area contributed by atoms with Crippen molar-refractivity contribution in [2.24, 2.45) is 0 Å². The summed E-state index contributed by atoms with van der Waals surface area (Å²) in [5.74, 6) is -1.13. The number of nitrogens with one attached hydrogen (secondary N) is 1. The zero-order valence-electron chi connectivity index (χ0n) is 18.5. The van der Waals surface area contributed by atoms with Crippen molar-refractivity contribution >= 4 is 21.9 Å². The Kier molecular flexibility index (Phi) is 7.97. The lowest BCUT2D eigenvalue weighted by molar-refractivity contribution is -0.133. The first kappa shape index (κ1) is 24.2. The third-order valence-electron chi connectivity index (χ3n) is 5.11. The Morgan fingerprint density at radius 3 is 2.36 bits per heavy atom. The molecule has 0 aliphatic rings. The number of carbonyl (C=O) groups is 2. The maximum atomic E-state index is 12.6. The molecule has 3 rings (SSSR count). The van der Waals surface area contributed by atoms with Crippen LogP contribution >= 0.6 is 0 Å². The van der Waals surface area contributed by atoms with Crippen molar-refractivity contribution in [1.29, 1.82) is 0 Å². The molecule has 0 radical (unpaired) electrons. The van der Waals surface area contributed by atoms with Gasteiger partial charge >= 0.3 is 5.97 Å². The van der Waals surface area contributed by atoms with Crippen LogP contribution in [-0.4, -0.2) is 38.8 Å². The van der Waals surface area contributed by atoms with Crippen LogP contribution in [0.1, 0.15) is 27.0 Å². The summed E-state index contributed by atoms with van der Waals surface area (Å²) in [7, 11) is -2.20. The van der Waals surface area contributed by atoms with Gasteiger partial charge in [-0.2, -0.15) is 0 Å². The average molecular weight is 467 g/mol. The number of ether oxygens (including phenoxy) is 1. The molecule has 8 heteroatoms. The van der Waals surface area contributed by atoms with Crippen LogP contribution in [-0.2, 0) is 32.6 Å². The summed E-state index contributed by atoms with van der Waals surface area (Å²) in [5.41, 5.74) is 2.92. The van der Waals surface area contributed by atoms with Gasteiger partial charge in [0.2, 0.25) is 10.0 Å². The molecule has 0 saturated heterocycles. The molecule has 0 aromatic heterocycles. The van der Waals surface area contributed by atoms with E-state index in [0.29, 0.717) is 6.54 Å². The van der Waals surface area contributed by atoms with Crippen LogP contribution in [0.5, 0.6) is 0 Å². The van der Waals surface area contributed by atoms with E-state index in [9.17, 15) is 18.0 Å². The lowest BCUT2D eigenvalue weighted by Crippen LogP contribution is -2.31. The molecule has 0 bridgehead atoms. The van der Waals surface area contributed by atoms with Crippen LogP contribution in [0.25, 0.3) is 0 Å². The first-order chi connectivity index (χ1) is 15.8. The number of amides is 1. The Balaban J connectivity index is 1.58. The van der Waals surface area contributed by atoms with Crippen molar-refractivity contribution in [3.63, 3.8) is 0 Å². The van der Waals surface area contributed by atoms with Gasteiger partial charge < -0.3 is 9.64 Å². The Labute approximate surface area is 194 Å². The standard InChI is InChI=1S/C25H26N2O5S/c1-19-9-6-7-12-22(19)17-27(2)24(28)18-32-25(29)21-13-8-14-23(15-21)33(30,31)26-16-20-10-4-3-5-11-20/h3-15,26H,16-18H2,1-2H3. The first-order valence-electron chi connectivity index (χ1n) is 10.4. The quantitative estimate of drug-likeness (QED) is 0.489. The van der Waals surface area contributed by atoms with Gasteiger partial charge in [0, 0.05) is 20.1 Å². The Morgan fingerprint density at radius 2 is 1.64 bits per heavy atom. The lowest BCUT2D eigenvalue weighted by atomic mass is 10.1. The summed E-state index contributed by atoms with van der Waals surface area (Å²) >= 11 is 0. The molecule has 7 nitrogen and oxygen atoms in total. The van der Waals surface area contributed by atoms with E-state index >= 15 is 0 Å². The van der Waals surface area contributed by atoms with Crippen molar-refractivity contribution in [2.45, 2.75) is 24.9 Å². The molecule has 0 heterocycles. The summed E-state index contributed by atoms with van der Waals surface area (Å²) in [6, 6.07) is 22.4. The predicted molar refractivity (Wildman–Crippen MR) is 125 cm³/mol. The van der Waals surface area contributed by atoms with Crippen LogP contribution < -0.4 is 4.72 Å². The van der Waals surface area contributed by atoms with Gasteiger partial charge in [-0.25, -0.2) is 17.9 Å². The molecule has 3 aromatic carbocycles. The molecule has 3 aromatic rings. The molecule has 0 atom stereocenters. The van der Waals surface area contributed by atoms with Crippen molar-refractivity contribution in [3.05, 3.63) is 101 Å². The monoisotopic (exact) mass is 466 g/mol. The molecule has 172 valence electrons. The maximum absolute atomic E-state index is 12.6. The van der Waals surface area contributed by atoms with Gasteiger partial charge in [0.25, 0.3) is 5.91 Å². The van der Waals surface area contributed by atoms with E-state index in [-0.39, 0.29) is 22.9 Å². The summed E-state index contributed by atoms with van der Waals surface area (Å²) in [4.78, 5) is 26.2. The van der Waals surface area contributed by atoms with E-state index in [0.717, 1.165) is 16.7 Å². The molecule has 0 saturated carbocycles. The van der Waals surface area contributed by atoms with Crippen molar-refractivity contribution in [1.82, 2.24) is 9.62 Å². The number of rotatable bonds is 9. The fourth-order valence-corrected chi connectivity index (χ4v) is 4.16. The van der Waals surface area contributed by atoms with Gasteiger partial charge in [0.15, 0.2) is 6.61 Å². The van der Waals surface area contributed by atoms with E-state index in [1.54, 1.807) is 7.05 Å². The fourth-order valence-electron chi connectivity index (χ4n) is 3.10. The number of carbonyl (C=O) groups excluding carboxylic acids is 2. The third kappa shape index (κ3) is 6.74. The minimum Gasteiger partial charge on any atom is -0.452 e. The number of hydrogen-bond donors (Lipinski definition) is 1. The van der Waals surface area contributed by atoms with Gasteiger partial charge in [-0.15, -0.1) is 0 Å². The molecule has 0 fully saturated rings. The third-order valence-corrected chi connectivity index (χ3v) is 6.51. The van der Waals surface area contributed by atoms with Gasteiger partial charge in [0.1, 0.15) is 0 Å². The van der Waals surface area contributed by atoms with Crippen molar-refractivity contribution < 1.29 is 22.7 Å². The van der Waals surface area contributed by atoms with Crippen molar-refractivity contribution in [3.8, 4) is 0 Å². The van der Waals surface area contributed by atoms with Crippen LogP contribution in [0.3, 0.4) is 0 Å². The van der Waals surface area contributed by atoms with E-state index in [1.807, 2.05) is 61.5 Å². The van der Waals surface area contributed by atoms with Gasteiger partial charge in [-0.3, -0.25) is 4.79 Å². The SMILES string of the molecule is Cc1ccccc1CN(C)C(=O)COC(=O)c1cccc(S(=O)(=O)NCc2ccccc2)c1. The van der Waals surface area contributed by atoms with E-state index < -0.39 is 22.6 Å². The molecule has 0 aliphatic carbocycles. The minimum atomic E-state index is -3.83. The second-order valence-corrected chi connectivity index (χ2v) is 9.36. The predicted octanol–water partition coefficient (Wildman–Crippen LogP) is 3.29. The highest BCUT2D eigenvalue weighted by molar-refractivity contribution is 7.89. The maximum Gasteiger partial charge on any atom is 0.338 e. The van der Waals surface area contributed by atoms with Crippen LogP contribution in [0.2, 0.25) is 0 Å². The fraction of sp³-hybridized carbons (Fsp3) is 0.200. The summed E-state index contributed by atoms with van der Waals surface area (Å²) in [5, 5.41) is 0. The highest BCUT2D eigenvalue weighted by Gasteiger charge is 2.18. The lowest BCUT2D eigenvalue weighted by Gasteiger charge is -2.18. The second-order valence-electron chi connectivity index (χ2n) is 7.59. The number of sulfonamides is 1. The molecule has 33 heavy (non-hydrogen) atoms. The molecule has 1 amide bonds. The normalized spacial score (nSPS) is 11.1. The summed E-state index contributed by atoms with van der Waals surface area (Å²) in [6.45, 7) is 2.04. The number of aryl methyl sites for hydroxylation is 1. The first-order valence-corrected chi connectivity index (χ1v) is 11.8. The zero-order valence-corrected chi connectivity index (χ0v) is 19.3. The number of likely N-dealkylation sites (N-methyl/N-ethyl adjacent to an activating group) is 1. The van der Waals surface area contributed by atoms with E-state index in [2.05, 4.69) is 4.72 Å². The summed E-state index contributed by atoms with van der Waals surface area (Å²) in [6.07, 6.45) is 0. The molecule has 0 aliphatic heterocycles. The van der Waals surface area contributed by atoms with Crippen LogP contribution in [0.15, 0.2) is 83.8 Å². The summed E-state index contributed by atoms with van der Waals surface area (Å²) < 4.78 is 32.9. The van der Waals surface area contributed by atoms with Gasteiger partial charge in [-0.1, -0.05) is 60.7 Å². The van der Waals surface area contributed by atoms with Crippen molar-refractivity contribution in [2.75, 3.05) is 13.7 Å². The van der Waals surface area contributed by atoms with E-state index in [1.165, 1.54) is 29.2 Å². The molecule has 0 unspecified atom stereocenters. The topological polar surface area (TPSA) is 92.8 Å². The Morgan fingerprint density at radius 1 is 0.939 bits per heavy atom. The second kappa shape index (κ2) is 10.9. The highest BCUT2D eigenvalue weighted by atomic mass is 32.2. The Bertz CT molecular complexity index is 1230. The van der Waals surface area contributed by atoms with Gasteiger partial charge in [-0.05, 0) is 41.8 Å². The Hall–Kier alpha value is -3.49. The smallest absolute Gasteiger partial charge is 0.338 e. The number of nitrogens with zero attached hydrogens (tertiary/aromatic N) is 1. The van der Waals surface area contributed by atoms with Crippen LogP contribution in [0.4, 0.5) is 0 Å². The van der Waals surface area contributed by atoms with E-state index in [4.69, 9.17) is 4.74 Å². The molecular formula is C25H26N2O5S. The van der Waals surface area contributed by atoms with Crippen LogP contribution in [0, 0.1) is 6.92 Å². The zero-order chi connectivity index (χ0) is 23.8. The number of benzene rings is 3. The number of hydrogen-bond acceptors (Lipinski definition) is 5. The number of esters is 1. The average Bonchev–Trinajstić information content (AvgIpc) is 2.83. The molecule has 1 N–H and O–H groups in total.